The van der Waals surface area contributed by atoms with Gasteiger partial charge in [0.25, 0.3) is 0 Å². The third-order valence-corrected chi connectivity index (χ3v) is 6.29. The molecular formula is C16H23N3O3S. The van der Waals surface area contributed by atoms with Crippen molar-refractivity contribution >= 4 is 21.1 Å². The molecule has 23 heavy (non-hydrogen) atoms. The molecule has 0 saturated carbocycles. The van der Waals surface area contributed by atoms with E-state index in [0.717, 1.165) is 17.6 Å². The first-order valence-electron chi connectivity index (χ1n) is 7.97. The highest BCUT2D eigenvalue weighted by atomic mass is 32.2. The van der Waals surface area contributed by atoms with Gasteiger partial charge in [-0.3, -0.25) is 4.90 Å². The van der Waals surface area contributed by atoms with Gasteiger partial charge < -0.3 is 4.42 Å². The molecule has 1 aliphatic heterocycles. The summed E-state index contributed by atoms with van der Waals surface area (Å²) in [4.78, 5) is 6.64. The van der Waals surface area contributed by atoms with Crippen LogP contribution in [0.25, 0.3) is 11.1 Å². The fraction of sp³-hybridized carbons (Fsp3) is 0.562. The molecule has 0 aliphatic carbocycles. The zero-order valence-corrected chi connectivity index (χ0v) is 14.5. The number of hydrogen-bond acceptors (Lipinski definition) is 5. The van der Waals surface area contributed by atoms with Crippen molar-refractivity contribution in [1.29, 1.82) is 0 Å². The van der Waals surface area contributed by atoms with Gasteiger partial charge in [-0.25, -0.2) is 18.1 Å². The number of nitrogens with one attached hydrogen (secondary N) is 1. The number of hydrogen-bond donors (Lipinski definition) is 1. The predicted octanol–water partition coefficient (Wildman–Crippen LogP) is 2.29. The lowest BCUT2D eigenvalue weighted by Gasteiger charge is -2.21. The Labute approximate surface area is 136 Å². The molecular weight excluding hydrogens is 314 g/mol. The van der Waals surface area contributed by atoms with Gasteiger partial charge in [0.05, 0.1) is 11.3 Å². The summed E-state index contributed by atoms with van der Waals surface area (Å²) in [7, 11) is -3.28. The fourth-order valence-corrected chi connectivity index (χ4v) is 4.66. The minimum absolute atomic E-state index is 0.0401. The van der Waals surface area contributed by atoms with Crippen LogP contribution in [-0.2, 0) is 10.0 Å². The zero-order valence-electron chi connectivity index (χ0n) is 13.7. The van der Waals surface area contributed by atoms with Gasteiger partial charge in [0.15, 0.2) is 5.58 Å². The molecule has 1 N–H and O–H groups in total. The van der Waals surface area contributed by atoms with Gasteiger partial charge in [-0.15, -0.1) is 0 Å². The zero-order chi connectivity index (χ0) is 16.6. The summed E-state index contributed by atoms with van der Waals surface area (Å²) in [5, 5.41) is -0.378. The second-order valence-corrected chi connectivity index (χ2v) is 8.41. The lowest BCUT2D eigenvalue weighted by molar-refractivity contribution is 0.228. The van der Waals surface area contributed by atoms with Gasteiger partial charge in [0.2, 0.25) is 15.9 Å². The van der Waals surface area contributed by atoms with E-state index in [-0.39, 0.29) is 17.3 Å². The molecule has 2 heterocycles. The number of aromatic nitrogens is 1. The van der Waals surface area contributed by atoms with Gasteiger partial charge in [-0.05, 0) is 39.3 Å². The molecule has 0 radical (unpaired) electrons. The molecule has 0 spiro atoms. The highest BCUT2D eigenvalue weighted by Gasteiger charge is 2.36. The van der Waals surface area contributed by atoms with E-state index < -0.39 is 10.0 Å². The Morgan fingerprint density at radius 3 is 2.74 bits per heavy atom. The summed E-state index contributed by atoms with van der Waals surface area (Å²) in [5.74, 6) is 0.640. The normalized spacial score (nSPS) is 21.3. The summed E-state index contributed by atoms with van der Waals surface area (Å²) in [6.07, 6.45) is 0.632. The van der Waals surface area contributed by atoms with Crippen LogP contribution in [0.3, 0.4) is 0 Å². The number of nitrogens with zero attached hydrogens (tertiary/aromatic N) is 2. The van der Waals surface area contributed by atoms with Crippen molar-refractivity contribution < 1.29 is 12.8 Å². The third kappa shape index (κ3) is 3.41. The van der Waals surface area contributed by atoms with Gasteiger partial charge >= 0.3 is 0 Å². The van der Waals surface area contributed by atoms with E-state index in [1.54, 1.807) is 0 Å². The molecule has 0 bridgehead atoms. The quantitative estimate of drug-likeness (QED) is 0.906. The molecule has 1 aliphatic rings. The number of benzene rings is 1. The van der Waals surface area contributed by atoms with E-state index in [4.69, 9.17) is 4.42 Å². The summed E-state index contributed by atoms with van der Waals surface area (Å²) in [5.41, 5.74) is 1.60. The molecule has 6 nitrogen and oxygen atoms in total. The van der Waals surface area contributed by atoms with Crippen LogP contribution in [0.15, 0.2) is 28.7 Å². The average molecular weight is 337 g/mol. The Hall–Kier alpha value is -1.44. The van der Waals surface area contributed by atoms with Crippen LogP contribution >= 0.6 is 0 Å². The Balaban J connectivity index is 1.73. The maximum absolute atomic E-state index is 12.3. The third-order valence-electron chi connectivity index (χ3n) is 4.23. The van der Waals surface area contributed by atoms with Crippen molar-refractivity contribution in [2.24, 2.45) is 0 Å². The largest absolute Gasteiger partial charge is 0.439 e. The molecule has 0 amide bonds. The molecule has 1 fully saturated rings. The molecule has 3 rings (SSSR count). The summed E-state index contributed by atoms with van der Waals surface area (Å²) >= 11 is 0. The molecule has 1 saturated heterocycles. The fourth-order valence-electron chi connectivity index (χ4n) is 3.01. The molecule has 2 atom stereocenters. The van der Waals surface area contributed by atoms with E-state index in [1.807, 2.05) is 45.0 Å². The maximum atomic E-state index is 12.3. The lowest BCUT2D eigenvalue weighted by atomic mass is 10.3. The van der Waals surface area contributed by atoms with Gasteiger partial charge in [0.1, 0.15) is 5.52 Å². The Bertz CT molecular complexity index is 752. The van der Waals surface area contributed by atoms with Crippen molar-refractivity contribution in [1.82, 2.24) is 14.6 Å². The van der Waals surface area contributed by atoms with E-state index in [2.05, 4.69) is 14.6 Å². The number of sulfonamides is 1. The van der Waals surface area contributed by atoms with E-state index in [1.165, 1.54) is 0 Å². The second-order valence-electron chi connectivity index (χ2n) is 6.42. The predicted molar refractivity (Wildman–Crippen MR) is 89.6 cm³/mol. The molecule has 7 heteroatoms. The maximum Gasteiger partial charge on any atom is 0.216 e. The number of para-hydroxylation sites is 2. The SMILES string of the molecule is CC(C)NS(=O)(=O)[C@H]1CCN([C@@H](C)c2nc3ccccc3o2)C1. The van der Waals surface area contributed by atoms with Crippen LogP contribution in [-0.4, -0.2) is 42.7 Å². The smallest absolute Gasteiger partial charge is 0.216 e. The van der Waals surface area contributed by atoms with Gasteiger partial charge in [-0.1, -0.05) is 12.1 Å². The first-order valence-corrected chi connectivity index (χ1v) is 9.52. The van der Waals surface area contributed by atoms with E-state index in [0.29, 0.717) is 18.9 Å². The topological polar surface area (TPSA) is 75.4 Å². The lowest BCUT2D eigenvalue weighted by Crippen LogP contribution is -2.40. The molecule has 1 aromatic carbocycles. The van der Waals surface area contributed by atoms with Crippen molar-refractivity contribution in [3.05, 3.63) is 30.2 Å². The number of fused-ring (bicyclic) bond motifs is 1. The second kappa shape index (κ2) is 6.22. The van der Waals surface area contributed by atoms with Crippen molar-refractivity contribution in [2.75, 3.05) is 13.1 Å². The standard InChI is InChI=1S/C16H23N3O3S/c1-11(2)18-23(20,21)13-8-9-19(10-13)12(3)16-17-14-6-4-5-7-15(14)22-16/h4-7,11-13,18H,8-10H2,1-3H3/t12-,13-/m0/s1. The molecule has 1 aromatic heterocycles. The highest BCUT2D eigenvalue weighted by Crippen LogP contribution is 2.28. The summed E-state index contributed by atoms with van der Waals surface area (Å²) in [6.45, 7) is 6.91. The van der Waals surface area contributed by atoms with E-state index in [9.17, 15) is 8.42 Å². The Morgan fingerprint density at radius 2 is 2.04 bits per heavy atom. The van der Waals surface area contributed by atoms with Crippen LogP contribution in [0.2, 0.25) is 0 Å². The molecule has 0 unspecified atom stereocenters. The van der Waals surface area contributed by atoms with E-state index >= 15 is 0 Å². The van der Waals surface area contributed by atoms with Crippen LogP contribution in [0.5, 0.6) is 0 Å². The first kappa shape index (κ1) is 16.4. The van der Waals surface area contributed by atoms with Gasteiger partial charge in [-0.2, -0.15) is 0 Å². The summed E-state index contributed by atoms with van der Waals surface area (Å²) in [6, 6.07) is 7.53. The minimum atomic E-state index is -3.28. The number of likely N-dealkylation sites (tertiary alicyclic amines) is 1. The Kier molecular flexibility index (Phi) is 4.44. The number of oxazole rings is 1. The van der Waals surface area contributed by atoms with Crippen LogP contribution in [0.4, 0.5) is 0 Å². The average Bonchev–Trinajstić information content (AvgIpc) is 3.12. The highest BCUT2D eigenvalue weighted by molar-refractivity contribution is 7.90. The molecule has 2 aromatic rings. The number of rotatable bonds is 5. The Morgan fingerprint density at radius 1 is 1.30 bits per heavy atom. The molecule has 126 valence electrons. The van der Waals surface area contributed by atoms with Gasteiger partial charge in [0, 0.05) is 19.1 Å². The summed E-state index contributed by atoms with van der Waals surface area (Å²) < 4.78 is 33.1. The van der Waals surface area contributed by atoms with Crippen LogP contribution < -0.4 is 4.72 Å². The van der Waals surface area contributed by atoms with Crippen molar-refractivity contribution in [3.63, 3.8) is 0 Å². The van der Waals surface area contributed by atoms with Crippen LogP contribution in [0.1, 0.15) is 39.1 Å². The minimum Gasteiger partial charge on any atom is -0.439 e. The van der Waals surface area contributed by atoms with Crippen molar-refractivity contribution in [3.8, 4) is 0 Å². The first-order chi connectivity index (χ1) is 10.9. The monoisotopic (exact) mass is 337 g/mol. The van der Waals surface area contributed by atoms with Crippen molar-refractivity contribution in [2.45, 2.75) is 44.5 Å². The van der Waals surface area contributed by atoms with Crippen LogP contribution in [0, 0.1) is 0 Å².